The number of furan rings is 1. The number of rotatable bonds is 6. The molecular weight excluding hydrogens is 306 g/mol. The molecule has 1 heterocycles. The molecule has 0 amide bonds. The van der Waals surface area contributed by atoms with Crippen LogP contribution in [0.25, 0.3) is 0 Å². The van der Waals surface area contributed by atoms with Gasteiger partial charge in [-0.3, -0.25) is 0 Å². The van der Waals surface area contributed by atoms with Crippen LogP contribution in [-0.2, 0) is 13.2 Å². The molecule has 3 nitrogen and oxygen atoms in total. The summed E-state index contributed by atoms with van der Waals surface area (Å²) >= 11 is 3.46. The minimum atomic E-state index is 0.440. The van der Waals surface area contributed by atoms with E-state index in [2.05, 4.69) is 35.1 Å². The predicted octanol–water partition coefficient (Wildman–Crippen LogP) is 4.04. The Hall–Kier alpha value is -1.26. The lowest BCUT2D eigenvalue weighted by Gasteiger charge is -2.05. The summed E-state index contributed by atoms with van der Waals surface area (Å²) in [6.07, 6.45) is 0. The highest BCUT2D eigenvalue weighted by molar-refractivity contribution is 9.10. The molecule has 0 aliphatic heterocycles. The number of nitrogens with one attached hydrogen (secondary N) is 1. The summed E-state index contributed by atoms with van der Waals surface area (Å²) in [5, 5.41) is 3.26. The van der Waals surface area contributed by atoms with Crippen LogP contribution < -0.4 is 10.1 Å². The van der Waals surface area contributed by atoms with Gasteiger partial charge in [0.15, 0.2) is 0 Å². The SMILES string of the molecule is CCNCc1oc(COc2ccccc2Br)cc1C. The van der Waals surface area contributed by atoms with Crippen LogP contribution in [0.1, 0.15) is 24.0 Å². The molecule has 0 spiro atoms. The summed E-state index contributed by atoms with van der Waals surface area (Å²) in [5.41, 5.74) is 1.16. The first kappa shape index (κ1) is 14.2. The van der Waals surface area contributed by atoms with Gasteiger partial charge >= 0.3 is 0 Å². The van der Waals surface area contributed by atoms with E-state index < -0.39 is 0 Å². The van der Waals surface area contributed by atoms with E-state index in [0.29, 0.717) is 6.61 Å². The minimum Gasteiger partial charge on any atom is -0.484 e. The molecule has 102 valence electrons. The van der Waals surface area contributed by atoms with Crippen molar-refractivity contribution in [2.24, 2.45) is 0 Å². The van der Waals surface area contributed by atoms with Crippen LogP contribution in [0.4, 0.5) is 0 Å². The second kappa shape index (κ2) is 6.78. The normalized spacial score (nSPS) is 10.7. The van der Waals surface area contributed by atoms with Crippen molar-refractivity contribution in [2.75, 3.05) is 6.54 Å². The summed E-state index contributed by atoms with van der Waals surface area (Å²) in [5.74, 6) is 2.65. The lowest BCUT2D eigenvalue weighted by molar-refractivity contribution is 0.263. The number of halogens is 1. The largest absolute Gasteiger partial charge is 0.484 e. The molecule has 0 radical (unpaired) electrons. The van der Waals surface area contributed by atoms with Crippen LogP contribution in [-0.4, -0.2) is 6.54 Å². The van der Waals surface area contributed by atoms with Gasteiger partial charge in [0.05, 0.1) is 11.0 Å². The molecule has 2 aromatic rings. The highest BCUT2D eigenvalue weighted by Crippen LogP contribution is 2.25. The van der Waals surface area contributed by atoms with Crippen LogP contribution >= 0.6 is 15.9 Å². The highest BCUT2D eigenvalue weighted by Gasteiger charge is 2.08. The van der Waals surface area contributed by atoms with E-state index in [-0.39, 0.29) is 0 Å². The second-order valence-electron chi connectivity index (χ2n) is 4.32. The van der Waals surface area contributed by atoms with Crippen molar-refractivity contribution in [1.29, 1.82) is 0 Å². The Kier molecular flexibility index (Phi) is 5.05. The van der Waals surface area contributed by atoms with Gasteiger partial charge in [0.25, 0.3) is 0 Å². The van der Waals surface area contributed by atoms with Gasteiger partial charge in [-0.05, 0) is 53.2 Å². The van der Waals surface area contributed by atoms with Crippen LogP contribution in [0.3, 0.4) is 0 Å². The van der Waals surface area contributed by atoms with Crippen molar-refractivity contribution in [3.05, 3.63) is 51.9 Å². The standard InChI is InChI=1S/C15H18BrNO2/c1-3-17-9-15-11(2)8-12(19-15)10-18-14-7-5-4-6-13(14)16/h4-8,17H,3,9-10H2,1-2H3. The summed E-state index contributed by atoms with van der Waals surface area (Å²) in [6, 6.07) is 9.83. The van der Waals surface area contributed by atoms with E-state index in [9.17, 15) is 0 Å². The van der Waals surface area contributed by atoms with Crippen molar-refractivity contribution < 1.29 is 9.15 Å². The lowest BCUT2D eigenvalue weighted by Crippen LogP contribution is -2.11. The average Bonchev–Trinajstić information content (AvgIpc) is 2.76. The van der Waals surface area contributed by atoms with E-state index in [1.165, 1.54) is 0 Å². The Morgan fingerprint density at radius 1 is 1.32 bits per heavy atom. The van der Waals surface area contributed by atoms with Crippen LogP contribution in [0.15, 0.2) is 39.2 Å². The molecule has 0 atom stereocenters. The lowest BCUT2D eigenvalue weighted by atomic mass is 10.2. The molecule has 19 heavy (non-hydrogen) atoms. The van der Waals surface area contributed by atoms with E-state index in [1.807, 2.05) is 30.3 Å². The van der Waals surface area contributed by atoms with Crippen LogP contribution in [0.5, 0.6) is 5.75 Å². The molecule has 2 rings (SSSR count). The maximum absolute atomic E-state index is 5.78. The van der Waals surface area contributed by atoms with Crippen molar-refractivity contribution in [3.8, 4) is 5.75 Å². The average molecular weight is 324 g/mol. The number of aryl methyl sites for hydroxylation is 1. The zero-order valence-electron chi connectivity index (χ0n) is 11.2. The Bertz CT molecular complexity index is 537. The third-order valence-electron chi connectivity index (χ3n) is 2.81. The molecule has 0 aliphatic carbocycles. The van der Waals surface area contributed by atoms with Crippen molar-refractivity contribution in [1.82, 2.24) is 5.32 Å². The Labute approximate surface area is 122 Å². The van der Waals surface area contributed by atoms with E-state index >= 15 is 0 Å². The first-order valence-corrected chi connectivity index (χ1v) is 7.16. The number of para-hydroxylation sites is 1. The number of benzene rings is 1. The van der Waals surface area contributed by atoms with E-state index in [0.717, 1.165) is 40.4 Å². The fourth-order valence-corrected chi connectivity index (χ4v) is 2.19. The Morgan fingerprint density at radius 2 is 2.11 bits per heavy atom. The number of hydrogen-bond donors (Lipinski definition) is 1. The maximum Gasteiger partial charge on any atom is 0.146 e. The molecule has 0 saturated carbocycles. The third-order valence-corrected chi connectivity index (χ3v) is 3.47. The highest BCUT2D eigenvalue weighted by atomic mass is 79.9. The molecule has 0 fully saturated rings. The van der Waals surface area contributed by atoms with Crippen LogP contribution in [0, 0.1) is 6.92 Å². The predicted molar refractivity (Wildman–Crippen MR) is 79.3 cm³/mol. The fraction of sp³-hybridized carbons (Fsp3) is 0.333. The molecule has 0 bridgehead atoms. The zero-order valence-corrected chi connectivity index (χ0v) is 12.8. The summed E-state index contributed by atoms with van der Waals surface area (Å²) in [6.45, 7) is 6.27. The van der Waals surface area contributed by atoms with Gasteiger partial charge in [-0.15, -0.1) is 0 Å². The molecule has 0 saturated heterocycles. The summed E-state index contributed by atoms with van der Waals surface area (Å²) < 4.78 is 12.5. The number of ether oxygens (including phenoxy) is 1. The summed E-state index contributed by atoms with van der Waals surface area (Å²) in [4.78, 5) is 0. The topological polar surface area (TPSA) is 34.4 Å². The van der Waals surface area contributed by atoms with Gasteiger partial charge in [-0.2, -0.15) is 0 Å². The monoisotopic (exact) mass is 323 g/mol. The van der Waals surface area contributed by atoms with Gasteiger partial charge in [0.1, 0.15) is 23.9 Å². The van der Waals surface area contributed by atoms with Crippen molar-refractivity contribution in [3.63, 3.8) is 0 Å². The molecule has 1 N–H and O–H groups in total. The summed E-state index contributed by atoms with van der Waals surface area (Å²) in [7, 11) is 0. The quantitative estimate of drug-likeness (QED) is 0.871. The molecule has 1 aromatic carbocycles. The van der Waals surface area contributed by atoms with E-state index in [1.54, 1.807) is 0 Å². The van der Waals surface area contributed by atoms with Gasteiger partial charge in [0, 0.05) is 0 Å². The Balaban J connectivity index is 1.98. The van der Waals surface area contributed by atoms with Crippen molar-refractivity contribution >= 4 is 15.9 Å². The minimum absolute atomic E-state index is 0.440. The van der Waals surface area contributed by atoms with E-state index in [4.69, 9.17) is 9.15 Å². The fourth-order valence-electron chi connectivity index (χ4n) is 1.79. The van der Waals surface area contributed by atoms with Crippen LogP contribution in [0.2, 0.25) is 0 Å². The maximum atomic E-state index is 5.78. The number of hydrogen-bond acceptors (Lipinski definition) is 3. The third kappa shape index (κ3) is 3.85. The first-order valence-electron chi connectivity index (χ1n) is 6.37. The molecule has 0 aliphatic rings. The molecule has 0 unspecified atom stereocenters. The first-order chi connectivity index (χ1) is 9.20. The molecule has 1 aromatic heterocycles. The second-order valence-corrected chi connectivity index (χ2v) is 5.17. The zero-order chi connectivity index (χ0) is 13.7. The van der Waals surface area contributed by atoms with Crippen molar-refractivity contribution in [2.45, 2.75) is 27.0 Å². The smallest absolute Gasteiger partial charge is 0.146 e. The van der Waals surface area contributed by atoms with Gasteiger partial charge in [-0.25, -0.2) is 0 Å². The van der Waals surface area contributed by atoms with Gasteiger partial charge < -0.3 is 14.5 Å². The molecule has 4 heteroatoms. The Morgan fingerprint density at radius 3 is 2.84 bits per heavy atom. The molecular formula is C15H18BrNO2. The van der Waals surface area contributed by atoms with Gasteiger partial charge in [0.2, 0.25) is 0 Å². The van der Waals surface area contributed by atoms with Gasteiger partial charge in [-0.1, -0.05) is 19.1 Å².